The third-order valence-corrected chi connectivity index (χ3v) is 5.77. The Morgan fingerprint density at radius 3 is 2.65 bits per heavy atom. The molecular weight excluding hydrogens is 326 g/mol. The number of nitrogens with zero attached hydrogens (tertiary/aromatic N) is 4. The molecule has 0 amide bonds. The van der Waals surface area contributed by atoms with Crippen LogP contribution in [0.1, 0.15) is 37.0 Å². The topological polar surface area (TPSA) is 57.3 Å². The number of pyridine rings is 1. The summed E-state index contributed by atoms with van der Waals surface area (Å²) < 4.78 is 6.31. The Hall–Kier alpha value is -1.92. The molecule has 2 aliphatic heterocycles. The quantitative estimate of drug-likeness (QED) is 0.913. The van der Waals surface area contributed by atoms with E-state index in [9.17, 15) is 0 Å². The van der Waals surface area contributed by atoms with Gasteiger partial charge in [-0.15, -0.1) is 0 Å². The second-order valence-corrected chi connectivity index (χ2v) is 7.54. The van der Waals surface area contributed by atoms with Gasteiger partial charge in [-0.3, -0.25) is 9.88 Å². The van der Waals surface area contributed by atoms with Gasteiger partial charge < -0.3 is 14.6 Å². The zero-order valence-electron chi connectivity index (χ0n) is 15.9. The number of aromatic nitrogens is 3. The molecule has 26 heavy (non-hydrogen) atoms. The van der Waals surface area contributed by atoms with Crippen molar-refractivity contribution in [1.29, 1.82) is 0 Å². The van der Waals surface area contributed by atoms with Crippen LogP contribution < -0.4 is 4.90 Å². The Labute approximate surface area is 155 Å². The van der Waals surface area contributed by atoms with E-state index in [0.29, 0.717) is 0 Å². The molecule has 1 N–H and O–H groups in total. The lowest BCUT2D eigenvalue weighted by molar-refractivity contribution is -0.123. The van der Waals surface area contributed by atoms with Crippen LogP contribution in [0.25, 0.3) is 0 Å². The predicted octanol–water partition coefficient (Wildman–Crippen LogP) is 2.55. The third kappa shape index (κ3) is 3.62. The summed E-state index contributed by atoms with van der Waals surface area (Å²) in [6.07, 6.45) is 6.85. The molecule has 140 valence electrons. The fraction of sp³-hybridized carbons (Fsp3) is 0.600. The zero-order chi connectivity index (χ0) is 18.0. The fourth-order valence-corrected chi connectivity index (χ4v) is 4.18. The normalized spacial score (nSPS) is 20.6. The van der Waals surface area contributed by atoms with Gasteiger partial charge in [-0.25, -0.2) is 4.98 Å². The highest BCUT2D eigenvalue weighted by atomic mass is 16.5. The summed E-state index contributed by atoms with van der Waals surface area (Å²) in [6.45, 7) is 10.1. The molecule has 0 aromatic carbocycles. The fourth-order valence-electron chi connectivity index (χ4n) is 4.18. The Balaban J connectivity index is 1.38. The molecular formula is C20H29N5O. The maximum atomic E-state index is 6.31. The summed E-state index contributed by atoms with van der Waals surface area (Å²) in [5.74, 6) is 1.09. The predicted molar refractivity (Wildman–Crippen MR) is 102 cm³/mol. The number of ether oxygens (including phenoxy) is 1. The second kappa shape index (κ2) is 7.37. The molecule has 0 atom stereocenters. The van der Waals surface area contributed by atoms with E-state index in [-0.39, 0.29) is 5.60 Å². The molecule has 6 nitrogen and oxygen atoms in total. The summed E-state index contributed by atoms with van der Waals surface area (Å²) in [4.78, 5) is 17.2. The van der Waals surface area contributed by atoms with Crippen LogP contribution in [0.2, 0.25) is 0 Å². The molecule has 0 unspecified atom stereocenters. The number of anilines is 1. The first-order valence-electron chi connectivity index (χ1n) is 9.73. The Kier molecular flexibility index (Phi) is 4.96. The van der Waals surface area contributed by atoms with Crippen LogP contribution >= 0.6 is 0 Å². The minimum atomic E-state index is -0.000418. The van der Waals surface area contributed by atoms with Crippen molar-refractivity contribution in [3.05, 3.63) is 41.7 Å². The Morgan fingerprint density at radius 1 is 1.19 bits per heavy atom. The standard InChI is InChI=1S/C20H29N5O/c1-3-19-22-16(2)18(23-19)14-24-12-13-26-20(15-24)6-10-25(11-7-20)17-4-8-21-9-5-17/h4-5,8-9H,3,6-7,10-15H2,1-2H3,(H,22,23). The van der Waals surface area contributed by atoms with Crippen LogP contribution in [0.15, 0.2) is 24.5 Å². The van der Waals surface area contributed by atoms with E-state index in [1.807, 2.05) is 12.4 Å². The number of imidazole rings is 1. The van der Waals surface area contributed by atoms with Gasteiger partial charge in [0.25, 0.3) is 0 Å². The lowest BCUT2D eigenvalue weighted by Gasteiger charge is -2.47. The van der Waals surface area contributed by atoms with E-state index in [1.54, 1.807) is 0 Å². The average Bonchev–Trinajstić information content (AvgIpc) is 3.03. The Bertz CT molecular complexity index is 721. The van der Waals surface area contributed by atoms with Gasteiger partial charge in [0.15, 0.2) is 0 Å². The number of aromatic amines is 1. The molecule has 2 aromatic heterocycles. The summed E-state index contributed by atoms with van der Waals surface area (Å²) in [5, 5.41) is 0. The summed E-state index contributed by atoms with van der Waals surface area (Å²) in [7, 11) is 0. The van der Waals surface area contributed by atoms with Gasteiger partial charge in [0.1, 0.15) is 5.82 Å². The smallest absolute Gasteiger partial charge is 0.106 e. The summed E-state index contributed by atoms with van der Waals surface area (Å²) in [6, 6.07) is 4.19. The van der Waals surface area contributed by atoms with Gasteiger partial charge in [0, 0.05) is 62.9 Å². The first-order valence-corrected chi connectivity index (χ1v) is 9.73. The van der Waals surface area contributed by atoms with Crippen molar-refractivity contribution in [3.63, 3.8) is 0 Å². The first-order chi connectivity index (χ1) is 12.7. The van der Waals surface area contributed by atoms with Crippen molar-refractivity contribution in [2.75, 3.05) is 37.7 Å². The molecule has 2 aliphatic rings. The molecule has 1 spiro atoms. The van der Waals surface area contributed by atoms with Crippen molar-refractivity contribution < 1.29 is 4.74 Å². The third-order valence-electron chi connectivity index (χ3n) is 5.77. The maximum absolute atomic E-state index is 6.31. The van der Waals surface area contributed by atoms with Crippen molar-refractivity contribution in [3.8, 4) is 0 Å². The van der Waals surface area contributed by atoms with Crippen molar-refractivity contribution >= 4 is 5.69 Å². The average molecular weight is 355 g/mol. The first kappa shape index (κ1) is 17.5. The highest BCUT2D eigenvalue weighted by Crippen LogP contribution is 2.32. The van der Waals surface area contributed by atoms with E-state index < -0.39 is 0 Å². The number of aryl methyl sites for hydroxylation is 2. The largest absolute Gasteiger partial charge is 0.372 e. The van der Waals surface area contributed by atoms with Crippen LogP contribution in [-0.4, -0.2) is 58.2 Å². The molecule has 2 aromatic rings. The number of H-pyrrole nitrogens is 1. The molecule has 0 aliphatic carbocycles. The molecule has 4 heterocycles. The zero-order valence-corrected chi connectivity index (χ0v) is 15.9. The molecule has 6 heteroatoms. The number of nitrogens with one attached hydrogen (secondary N) is 1. The van der Waals surface area contributed by atoms with Gasteiger partial charge in [0.05, 0.1) is 17.9 Å². The number of morpholine rings is 1. The van der Waals surface area contributed by atoms with Gasteiger partial charge in [-0.2, -0.15) is 0 Å². The van der Waals surface area contributed by atoms with Crippen molar-refractivity contribution in [1.82, 2.24) is 19.9 Å². The molecule has 2 saturated heterocycles. The number of rotatable bonds is 4. The second-order valence-electron chi connectivity index (χ2n) is 7.54. The molecule has 4 rings (SSSR count). The molecule has 0 radical (unpaired) electrons. The van der Waals surface area contributed by atoms with Crippen LogP contribution in [0.3, 0.4) is 0 Å². The van der Waals surface area contributed by atoms with E-state index >= 15 is 0 Å². The highest BCUT2D eigenvalue weighted by molar-refractivity contribution is 5.45. The minimum absolute atomic E-state index is 0.000418. The number of piperidine rings is 1. The molecule has 2 fully saturated rings. The van der Waals surface area contributed by atoms with E-state index in [0.717, 1.165) is 64.4 Å². The summed E-state index contributed by atoms with van der Waals surface area (Å²) >= 11 is 0. The van der Waals surface area contributed by atoms with E-state index in [2.05, 4.69) is 45.7 Å². The van der Waals surface area contributed by atoms with Crippen molar-refractivity contribution in [2.45, 2.75) is 45.3 Å². The van der Waals surface area contributed by atoms with E-state index in [4.69, 9.17) is 9.72 Å². The van der Waals surface area contributed by atoms with Crippen molar-refractivity contribution in [2.24, 2.45) is 0 Å². The van der Waals surface area contributed by atoms with Crippen LogP contribution in [0, 0.1) is 6.92 Å². The number of hydrogen-bond donors (Lipinski definition) is 1. The van der Waals surface area contributed by atoms with Crippen LogP contribution in [-0.2, 0) is 17.7 Å². The molecule has 0 bridgehead atoms. The summed E-state index contributed by atoms with van der Waals surface area (Å²) in [5.41, 5.74) is 3.66. The lowest BCUT2D eigenvalue weighted by atomic mass is 9.89. The van der Waals surface area contributed by atoms with Crippen LogP contribution in [0.4, 0.5) is 5.69 Å². The van der Waals surface area contributed by atoms with E-state index in [1.165, 1.54) is 17.1 Å². The lowest BCUT2D eigenvalue weighted by Crippen LogP contribution is -2.56. The number of hydrogen-bond acceptors (Lipinski definition) is 5. The highest BCUT2D eigenvalue weighted by Gasteiger charge is 2.39. The maximum Gasteiger partial charge on any atom is 0.106 e. The minimum Gasteiger partial charge on any atom is -0.372 e. The SMILES string of the molecule is CCc1nc(CN2CCOC3(CCN(c4ccncc4)CC3)C2)c(C)[nH]1. The van der Waals surface area contributed by atoms with Gasteiger partial charge in [-0.05, 0) is 31.9 Å². The Morgan fingerprint density at radius 2 is 1.96 bits per heavy atom. The monoisotopic (exact) mass is 355 g/mol. The van der Waals surface area contributed by atoms with Gasteiger partial charge in [0.2, 0.25) is 0 Å². The van der Waals surface area contributed by atoms with Gasteiger partial charge >= 0.3 is 0 Å². The van der Waals surface area contributed by atoms with Gasteiger partial charge in [-0.1, -0.05) is 6.92 Å². The van der Waals surface area contributed by atoms with Crippen LogP contribution in [0.5, 0.6) is 0 Å². The molecule has 0 saturated carbocycles.